The zero-order valence-electron chi connectivity index (χ0n) is 3.60. The van der Waals surface area contributed by atoms with E-state index >= 15 is 0 Å². The highest BCUT2D eigenvalue weighted by Crippen LogP contribution is 1.67. The van der Waals surface area contributed by atoms with E-state index in [0.717, 1.165) is 0 Å². The predicted molar refractivity (Wildman–Crippen MR) is 19.1 cm³/mol. The van der Waals surface area contributed by atoms with Gasteiger partial charge in [-0.25, -0.2) is 10.2 Å². The van der Waals surface area contributed by atoms with Crippen molar-refractivity contribution in [3.05, 3.63) is 0 Å². The van der Waals surface area contributed by atoms with E-state index < -0.39 is 12.8 Å². The van der Waals surface area contributed by atoms with Crippen LogP contribution in [0, 0.1) is 0 Å². The van der Waals surface area contributed by atoms with Gasteiger partial charge >= 0.3 is 0 Å². The molecule has 0 bridgehead atoms. The molecule has 1 atom stereocenters. The van der Waals surface area contributed by atoms with Crippen molar-refractivity contribution < 1.29 is 10.2 Å². The van der Waals surface area contributed by atoms with Crippen molar-refractivity contribution in [2.75, 3.05) is 13.7 Å². The Balaban J connectivity index is 2.75. The molecular formula is C3H7NO2. The Kier molecular flexibility index (Phi) is 3.02. The number of nitrogens with one attached hydrogen (secondary N) is 1. The van der Waals surface area contributed by atoms with Gasteiger partial charge in [0.2, 0.25) is 0 Å². The second-order valence-electron chi connectivity index (χ2n) is 0.944. The lowest BCUT2D eigenvalue weighted by Gasteiger charge is -1.95. The fourth-order valence-electron chi connectivity index (χ4n) is 0.0833. The number of hydrogen-bond acceptors (Lipinski definition) is 1. The minimum atomic E-state index is -1.12. The van der Waals surface area contributed by atoms with Crippen LogP contribution in [0.15, 0.2) is 0 Å². The molecule has 2 radical (unpaired) electrons. The summed E-state index contributed by atoms with van der Waals surface area (Å²) in [6, 6.07) is 0. The lowest BCUT2D eigenvalue weighted by atomic mass is 10.6. The van der Waals surface area contributed by atoms with E-state index in [4.69, 9.17) is 0 Å². The fourth-order valence-corrected chi connectivity index (χ4v) is 0.0833. The summed E-state index contributed by atoms with van der Waals surface area (Å²) in [7, 11) is 1.47. The lowest BCUT2D eigenvalue weighted by Crippen LogP contribution is -2.25. The topological polar surface area (TPSA) is 51.8 Å². The molecule has 0 aliphatic carbocycles. The Labute approximate surface area is 36.6 Å². The van der Waals surface area contributed by atoms with Crippen LogP contribution in [-0.4, -0.2) is 19.9 Å². The average molecular weight is 89.1 g/mol. The van der Waals surface area contributed by atoms with Crippen LogP contribution >= 0.6 is 0 Å². The van der Waals surface area contributed by atoms with E-state index in [2.05, 4.69) is 5.32 Å². The Bertz CT molecular complexity index is 28.0. The highest BCUT2D eigenvalue weighted by atomic mass is 16.3. The first-order chi connectivity index (χ1) is 2.81. The summed E-state index contributed by atoms with van der Waals surface area (Å²) in [5, 5.41) is 21.6. The summed E-state index contributed by atoms with van der Waals surface area (Å²) in [6.45, 7) is -0.587. The Morgan fingerprint density at radius 3 is 2.33 bits per heavy atom. The van der Waals surface area contributed by atoms with Crippen LogP contribution in [0.4, 0.5) is 0 Å². The van der Waals surface area contributed by atoms with Gasteiger partial charge in [0.25, 0.3) is 0 Å². The van der Waals surface area contributed by atoms with Crippen molar-refractivity contribution in [2.24, 2.45) is 0 Å². The SMILES string of the molecule is CNC([O])C[O]. The maximum atomic E-state index is 9.84. The number of hydrogen-bond donors (Lipinski definition) is 1. The van der Waals surface area contributed by atoms with Gasteiger partial charge in [0.05, 0.1) is 0 Å². The van der Waals surface area contributed by atoms with Crippen LogP contribution in [0.1, 0.15) is 0 Å². The third-order valence-electron chi connectivity index (χ3n) is 0.473. The van der Waals surface area contributed by atoms with Gasteiger partial charge < -0.3 is 0 Å². The molecular weight excluding hydrogens is 82.0 g/mol. The van der Waals surface area contributed by atoms with Crippen LogP contribution in [0.5, 0.6) is 0 Å². The monoisotopic (exact) mass is 89.0 g/mol. The van der Waals surface area contributed by atoms with E-state index in [1.807, 2.05) is 0 Å². The first kappa shape index (κ1) is 5.88. The van der Waals surface area contributed by atoms with Crippen molar-refractivity contribution in [3.8, 4) is 0 Å². The highest BCUT2D eigenvalue weighted by molar-refractivity contribution is 4.38. The summed E-state index contributed by atoms with van der Waals surface area (Å²) >= 11 is 0. The molecule has 0 aromatic carbocycles. The van der Waals surface area contributed by atoms with Crippen molar-refractivity contribution in [1.29, 1.82) is 0 Å². The standard InChI is InChI=1S/C3H7NO2/c1-4-3(6)2-5/h3-4H,2H2,1H3. The summed E-state index contributed by atoms with van der Waals surface area (Å²) < 4.78 is 0. The molecule has 0 saturated carbocycles. The molecule has 36 valence electrons. The van der Waals surface area contributed by atoms with Gasteiger partial charge in [-0.1, -0.05) is 0 Å². The Morgan fingerprint density at radius 2 is 2.33 bits per heavy atom. The predicted octanol–water partition coefficient (Wildman–Crippen LogP) is -0.607. The maximum absolute atomic E-state index is 9.84. The molecule has 0 rings (SSSR count). The highest BCUT2D eigenvalue weighted by Gasteiger charge is 1.95. The molecule has 6 heavy (non-hydrogen) atoms. The van der Waals surface area contributed by atoms with Gasteiger partial charge in [-0.15, -0.1) is 0 Å². The van der Waals surface area contributed by atoms with Gasteiger partial charge in [0.1, 0.15) is 6.61 Å². The molecule has 0 fully saturated rings. The summed E-state index contributed by atoms with van der Waals surface area (Å²) in [6.07, 6.45) is -1.12. The molecule has 0 aliphatic rings. The van der Waals surface area contributed by atoms with Crippen LogP contribution in [0.2, 0.25) is 0 Å². The van der Waals surface area contributed by atoms with E-state index in [9.17, 15) is 10.2 Å². The summed E-state index contributed by atoms with van der Waals surface area (Å²) in [5.74, 6) is 0. The Morgan fingerprint density at radius 1 is 1.83 bits per heavy atom. The smallest absolute Gasteiger partial charge is 0.170 e. The third-order valence-corrected chi connectivity index (χ3v) is 0.473. The molecule has 1 unspecified atom stereocenters. The third kappa shape index (κ3) is 2.14. The van der Waals surface area contributed by atoms with Gasteiger partial charge in [0.15, 0.2) is 6.23 Å². The van der Waals surface area contributed by atoms with Crippen LogP contribution in [0.3, 0.4) is 0 Å². The molecule has 1 N–H and O–H groups in total. The lowest BCUT2D eigenvalue weighted by molar-refractivity contribution is -0.00901. The Hall–Kier alpha value is -0.120. The molecule has 0 aromatic heterocycles. The summed E-state index contributed by atoms with van der Waals surface area (Å²) in [4.78, 5) is 0. The number of rotatable bonds is 2. The molecule has 0 aliphatic heterocycles. The quantitative estimate of drug-likeness (QED) is 0.451. The van der Waals surface area contributed by atoms with E-state index in [-0.39, 0.29) is 0 Å². The first-order valence-electron chi connectivity index (χ1n) is 1.72. The fraction of sp³-hybridized carbons (Fsp3) is 1.00. The molecule has 0 aromatic rings. The van der Waals surface area contributed by atoms with E-state index in [1.54, 1.807) is 0 Å². The van der Waals surface area contributed by atoms with Crippen LogP contribution < -0.4 is 5.32 Å². The molecule has 0 heterocycles. The summed E-state index contributed by atoms with van der Waals surface area (Å²) in [5.41, 5.74) is 0. The van der Waals surface area contributed by atoms with Gasteiger partial charge in [0, 0.05) is 0 Å². The number of likely N-dealkylation sites (N-methyl/N-ethyl adjacent to an activating group) is 1. The maximum Gasteiger partial charge on any atom is 0.170 e. The zero-order valence-corrected chi connectivity index (χ0v) is 3.60. The van der Waals surface area contributed by atoms with E-state index in [0.29, 0.717) is 0 Å². The first-order valence-corrected chi connectivity index (χ1v) is 1.72. The molecule has 0 spiro atoms. The minimum absolute atomic E-state index is 0.587. The van der Waals surface area contributed by atoms with Crippen molar-refractivity contribution in [2.45, 2.75) is 6.23 Å². The minimum Gasteiger partial charge on any atom is -0.290 e. The van der Waals surface area contributed by atoms with Crippen molar-refractivity contribution in [3.63, 3.8) is 0 Å². The van der Waals surface area contributed by atoms with Crippen molar-refractivity contribution >= 4 is 0 Å². The largest absolute Gasteiger partial charge is 0.290 e. The molecule has 3 heteroatoms. The average Bonchev–Trinajstić information content (AvgIpc) is 1.65. The zero-order chi connectivity index (χ0) is 4.99. The van der Waals surface area contributed by atoms with Gasteiger partial charge in [-0.3, -0.25) is 5.32 Å². The second kappa shape index (κ2) is 3.08. The second-order valence-corrected chi connectivity index (χ2v) is 0.944. The normalized spacial score (nSPS) is 14.5. The molecule has 3 nitrogen and oxygen atoms in total. The van der Waals surface area contributed by atoms with E-state index in [1.165, 1.54) is 7.05 Å². The van der Waals surface area contributed by atoms with Crippen LogP contribution in [0.25, 0.3) is 0 Å². The van der Waals surface area contributed by atoms with Gasteiger partial charge in [-0.05, 0) is 7.05 Å². The van der Waals surface area contributed by atoms with Gasteiger partial charge in [-0.2, -0.15) is 0 Å². The van der Waals surface area contributed by atoms with Crippen molar-refractivity contribution in [1.82, 2.24) is 5.32 Å². The molecule has 0 amide bonds. The molecule has 0 saturated heterocycles. The van der Waals surface area contributed by atoms with Crippen LogP contribution in [-0.2, 0) is 10.2 Å².